The maximum Gasteiger partial charge on any atom is 0.472 e. The summed E-state index contributed by atoms with van der Waals surface area (Å²) >= 11 is 0. The molecule has 0 saturated heterocycles. The van der Waals surface area contributed by atoms with E-state index in [0.717, 1.165) is 83.5 Å². The maximum absolute atomic E-state index is 12.6. The van der Waals surface area contributed by atoms with E-state index in [0.29, 0.717) is 19.3 Å². The topological polar surface area (TPSA) is 172 Å². The van der Waals surface area contributed by atoms with Crippen LogP contribution in [0.3, 0.4) is 0 Å². The summed E-state index contributed by atoms with van der Waals surface area (Å²) in [7, 11) is -4.76. The Bertz CT molecular complexity index is 1550. The molecule has 0 bridgehead atoms. The Kier molecular flexibility index (Phi) is 40.2. The molecule has 3 atom stereocenters. The highest BCUT2D eigenvalue weighted by Crippen LogP contribution is 2.43. The molecule has 0 spiro atoms. The Labute approximate surface area is 372 Å². The zero-order chi connectivity index (χ0) is 45.6. The largest absolute Gasteiger partial charge is 0.480 e. The first-order valence-corrected chi connectivity index (χ1v) is 23.7. The fraction of sp³-hybridized carbons (Fsp3) is 0.500. The van der Waals surface area contributed by atoms with Gasteiger partial charge >= 0.3 is 25.7 Å². The van der Waals surface area contributed by atoms with E-state index in [-0.39, 0.29) is 12.8 Å². The standard InChI is InChI=1S/C50H76NO10P/c1-3-5-7-9-11-13-15-17-19-21-23-25-27-29-31-33-35-37-39-41-48(52)58-43-46(44-59-62(56,57)60-45-47(51)50(54)55)61-49(53)42-40-38-36-34-32-30-28-26-24-22-20-18-16-14-12-10-8-6-4-2/h5-8,11-14,17-20,23-26,29-32,36,38,46-47H,3-4,9-10,15-16,21-22,27-28,33-35,37,39-45,51H2,1-2H3,(H,54,55)(H,56,57)/b7-5+,8-6+,13-11+,14-12+,19-17+,20-18+,25-23+,26-24+,31-29+,32-30+,38-36+/t46-,47+/m1/s1. The van der Waals surface area contributed by atoms with Gasteiger partial charge in [-0.05, 0) is 96.3 Å². The number of nitrogens with two attached hydrogens (primary N) is 1. The van der Waals surface area contributed by atoms with E-state index in [1.807, 2.05) is 18.2 Å². The van der Waals surface area contributed by atoms with Crippen LogP contribution in [-0.2, 0) is 37.5 Å². The molecule has 1 unspecified atom stereocenters. The van der Waals surface area contributed by atoms with Crippen molar-refractivity contribution in [3.8, 4) is 0 Å². The van der Waals surface area contributed by atoms with E-state index in [4.69, 9.17) is 24.8 Å². The molecule has 0 aliphatic heterocycles. The minimum absolute atomic E-state index is 0.0191. The zero-order valence-corrected chi connectivity index (χ0v) is 38.3. The molecule has 0 aromatic rings. The average Bonchev–Trinajstić information content (AvgIpc) is 3.25. The van der Waals surface area contributed by atoms with Gasteiger partial charge in [-0.2, -0.15) is 0 Å². The van der Waals surface area contributed by atoms with Crippen LogP contribution in [0.2, 0.25) is 0 Å². The Morgan fingerprint density at radius 1 is 0.500 bits per heavy atom. The molecule has 0 amide bonds. The number of carboxylic acids is 1. The highest BCUT2D eigenvalue weighted by molar-refractivity contribution is 7.47. The number of hydrogen-bond donors (Lipinski definition) is 3. The van der Waals surface area contributed by atoms with Gasteiger partial charge in [0.1, 0.15) is 12.6 Å². The lowest BCUT2D eigenvalue weighted by Gasteiger charge is -2.20. The normalized spacial score (nSPS) is 14.9. The summed E-state index contributed by atoms with van der Waals surface area (Å²) in [5.41, 5.74) is 5.33. The van der Waals surface area contributed by atoms with Crippen molar-refractivity contribution in [2.24, 2.45) is 5.73 Å². The van der Waals surface area contributed by atoms with Gasteiger partial charge in [-0.15, -0.1) is 0 Å². The number of carbonyl (C=O) groups excluding carboxylic acids is 2. The van der Waals surface area contributed by atoms with Crippen LogP contribution in [0, 0.1) is 0 Å². The number of phosphoric acid groups is 1. The predicted molar refractivity (Wildman–Crippen MR) is 253 cm³/mol. The Balaban J connectivity index is 4.57. The SMILES string of the molecule is CC/C=C/C/C=C/C/C=C/C/C=C/C/C=C/C/C=C/CCC(=O)O[C@H](COC(=O)CCCCC/C=C/C/C=C/C/C=C/C/C=C/C/C=C/CC)COP(=O)(O)OC[C@H](N)C(=O)O. The van der Waals surface area contributed by atoms with Gasteiger partial charge in [0.25, 0.3) is 0 Å². The summed E-state index contributed by atoms with van der Waals surface area (Å²) in [6, 6.07) is -1.55. The third-order valence-electron chi connectivity index (χ3n) is 8.41. The zero-order valence-electron chi connectivity index (χ0n) is 37.4. The minimum atomic E-state index is -4.76. The van der Waals surface area contributed by atoms with Crippen molar-refractivity contribution in [2.45, 2.75) is 142 Å². The molecule has 0 radical (unpaired) electrons. The van der Waals surface area contributed by atoms with Crippen molar-refractivity contribution in [3.63, 3.8) is 0 Å². The van der Waals surface area contributed by atoms with Crippen LogP contribution < -0.4 is 5.73 Å². The smallest absolute Gasteiger partial charge is 0.472 e. The maximum atomic E-state index is 12.6. The van der Waals surface area contributed by atoms with Crippen LogP contribution in [0.15, 0.2) is 134 Å². The molecule has 0 aliphatic carbocycles. The lowest BCUT2D eigenvalue weighted by atomic mass is 10.1. The lowest BCUT2D eigenvalue weighted by molar-refractivity contribution is -0.161. The average molecular weight is 882 g/mol. The molecule has 11 nitrogen and oxygen atoms in total. The first-order chi connectivity index (χ1) is 30.1. The Hall–Kier alpha value is -4.38. The summed E-state index contributed by atoms with van der Waals surface area (Å²) in [6.45, 7) is 2.44. The molecule has 0 aromatic carbocycles. The van der Waals surface area contributed by atoms with Crippen molar-refractivity contribution in [1.29, 1.82) is 0 Å². The van der Waals surface area contributed by atoms with Gasteiger partial charge in [0.05, 0.1) is 13.2 Å². The van der Waals surface area contributed by atoms with Gasteiger partial charge in [0.15, 0.2) is 6.10 Å². The molecular weight excluding hydrogens is 806 g/mol. The molecule has 0 saturated carbocycles. The third-order valence-corrected chi connectivity index (χ3v) is 9.36. The summed E-state index contributed by atoms with van der Waals surface area (Å²) in [5.74, 6) is -2.55. The van der Waals surface area contributed by atoms with Crippen molar-refractivity contribution in [3.05, 3.63) is 134 Å². The Morgan fingerprint density at radius 2 is 0.887 bits per heavy atom. The van der Waals surface area contributed by atoms with Crippen molar-refractivity contribution in [1.82, 2.24) is 0 Å². The van der Waals surface area contributed by atoms with E-state index in [1.54, 1.807) is 0 Å². The summed E-state index contributed by atoms with van der Waals surface area (Å²) < 4.78 is 32.6. The summed E-state index contributed by atoms with van der Waals surface area (Å²) in [4.78, 5) is 46.0. The van der Waals surface area contributed by atoms with Crippen molar-refractivity contribution in [2.75, 3.05) is 19.8 Å². The van der Waals surface area contributed by atoms with Gasteiger partial charge in [0.2, 0.25) is 0 Å². The molecular formula is C50H76NO10P. The monoisotopic (exact) mass is 882 g/mol. The number of aliphatic carboxylic acids is 1. The number of esters is 2. The van der Waals surface area contributed by atoms with E-state index < -0.39 is 57.7 Å². The van der Waals surface area contributed by atoms with Gasteiger partial charge in [-0.25, -0.2) is 4.57 Å². The number of unbranched alkanes of at least 4 members (excludes halogenated alkanes) is 3. The van der Waals surface area contributed by atoms with Crippen LogP contribution in [0.1, 0.15) is 129 Å². The van der Waals surface area contributed by atoms with E-state index in [1.165, 1.54) is 0 Å². The summed E-state index contributed by atoms with van der Waals surface area (Å²) in [5, 5.41) is 8.90. The molecule has 346 valence electrons. The molecule has 62 heavy (non-hydrogen) atoms. The second-order valence-electron chi connectivity index (χ2n) is 14.1. The second kappa shape index (κ2) is 43.3. The second-order valence-corrected chi connectivity index (χ2v) is 15.5. The van der Waals surface area contributed by atoms with Gasteiger partial charge in [-0.3, -0.25) is 23.4 Å². The lowest BCUT2D eigenvalue weighted by Crippen LogP contribution is -2.34. The van der Waals surface area contributed by atoms with E-state index >= 15 is 0 Å². The first kappa shape index (κ1) is 57.6. The van der Waals surface area contributed by atoms with Crippen LogP contribution in [0.4, 0.5) is 0 Å². The number of hydrogen-bond acceptors (Lipinski definition) is 9. The number of carbonyl (C=O) groups is 3. The van der Waals surface area contributed by atoms with E-state index in [9.17, 15) is 23.8 Å². The predicted octanol–water partition coefficient (Wildman–Crippen LogP) is 12.2. The van der Waals surface area contributed by atoms with Crippen LogP contribution in [0.25, 0.3) is 0 Å². The summed E-state index contributed by atoms with van der Waals surface area (Å²) in [6.07, 6.45) is 59.6. The fourth-order valence-corrected chi connectivity index (χ4v) is 5.78. The number of phosphoric ester groups is 1. The highest BCUT2D eigenvalue weighted by atomic mass is 31.2. The molecule has 12 heteroatoms. The van der Waals surface area contributed by atoms with E-state index in [2.05, 4.69) is 134 Å². The highest BCUT2D eigenvalue weighted by Gasteiger charge is 2.28. The van der Waals surface area contributed by atoms with Crippen molar-refractivity contribution < 1.29 is 47.5 Å². The molecule has 0 aromatic heterocycles. The van der Waals surface area contributed by atoms with Crippen LogP contribution in [-0.4, -0.2) is 59.9 Å². The van der Waals surface area contributed by atoms with Gasteiger partial charge in [0, 0.05) is 12.8 Å². The molecule has 0 aliphatic rings. The minimum Gasteiger partial charge on any atom is -0.480 e. The number of ether oxygens (including phenoxy) is 2. The quantitative estimate of drug-likeness (QED) is 0.0232. The van der Waals surface area contributed by atoms with Gasteiger partial charge < -0.3 is 25.2 Å². The molecule has 4 N–H and O–H groups in total. The Morgan fingerprint density at radius 3 is 1.31 bits per heavy atom. The fourth-order valence-electron chi connectivity index (χ4n) is 5.00. The molecule has 0 fully saturated rings. The molecule has 0 heterocycles. The van der Waals surface area contributed by atoms with Crippen LogP contribution >= 0.6 is 7.82 Å². The van der Waals surface area contributed by atoms with Crippen LogP contribution in [0.5, 0.6) is 0 Å². The van der Waals surface area contributed by atoms with Crippen molar-refractivity contribution >= 4 is 25.7 Å². The van der Waals surface area contributed by atoms with Gasteiger partial charge in [-0.1, -0.05) is 154 Å². The number of rotatable bonds is 39. The third kappa shape index (κ3) is 42.3. The number of carboxylic acid groups (broad SMARTS) is 1. The number of allylic oxidation sites excluding steroid dienone is 22. The first-order valence-electron chi connectivity index (χ1n) is 22.2. The molecule has 0 rings (SSSR count).